The predicted octanol–water partition coefficient (Wildman–Crippen LogP) is 1.87. The lowest BCUT2D eigenvalue weighted by atomic mass is 10.1. The quantitative estimate of drug-likeness (QED) is 0.502. The van der Waals surface area contributed by atoms with Crippen molar-refractivity contribution in [3.63, 3.8) is 0 Å². The Labute approximate surface area is 175 Å². The van der Waals surface area contributed by atoms with Gasteiger partial charge in [-0.2, -0.15) is 13.2 Å². The highest BCUT2D eigenvalue weighted by Crippen LogP contribution is 2.17. The third-order valence-corrected chi connectivity index (χ3v) is 3.64. The maximum Gasteiger partial charge on any atom is 0.490 e. The number of anilines is 1. The fraction of sp³-hybridized carbons (Fsp3) is 0.368. The summed E-state index contributed by atoms with van der Waals surface area (Å²) < 4.78 is 38.3. The lowest BCUT2D eigenvalue weighted by Crippen LogP contribution is -2.31. The van der Waals surface area contributed by atoms with E-state index in [-0.39, 0.29) is 17.9 Å². The highest BCUT2D eigenvalue weighted by molar-refractivity contribution is 5.75. The number of nitrogens with two attached hydrogens (primary N) is 1. The Balaban J connectivity index is 0.000000592. The Kier molecular flexibility index (Phi) is 10.2. The van der Waals surface area contributed by atoms with Crippen LogP contribution in [0.4, 0.5) is 19.0 Å². The van der Waals surface area contributed by atoms with E-state index in [1.807, 2.05) is 37.3 Å². The number of alkyl halides is 3. The van der Waals surface area contributed by atoms with Gasteiger partial charge in [0.05, 0.1) is 11.9 Å². The summed E-state index contributed by atoms with van der Waals surface area (Å²) in [5, 5.41) is 10.1. The van der Waals surface area contributed by atoms with Crippen molar-refractivity contribution < 1.29 is 32.6 Å². The van der Waals surface area contributed by atoms with Crippen LogP contribution in [-0.4, -0.2) is 52.5 Å². The summed E-state index contributed by atoms with van der Waals surface area (Å²) in [7, 11) is 0. The second kappa shape index (κ2) is 12.3. The molecule has 1 aromatic heterocycles. The zero-order chi connectivity index (χ0) is 23.4. The first-order valence-corrected chi connectivity index (χ1v) is 9.13. The fourth-order valence-electron chi connectivity index (χ4n) is 2.29. The van der Waals surface area contributed by atoms with Crippen molar-refractivity contribution in [1.29, 1.82) is 0 Å². The third kappa shape index (κ3) is 8.86. The molecule has 0 spiro atoms. The van der Waals surface area contributed by atoms with E-state index in [4.69, 9.17) is 20.4 Å². The molecule has 0 fully saturated rings. The van der Waals surface area contributed by atoms with Crippen LogP contribution >= 0.6 is 0 Å². The Bertz CT molecular complexity index is 917. The topological polar surface area (TPSA) is 137 Å². The summed E-state index contributed by atoms with van der Waals surface area (Å²) in [6, 6.07) is 9.29. The van der Waals surface area contributed by atoms with Gasteiger partial charge in [-0.1, -0.05) is 30.3 Å². The van der Waals surface area contributed by atoms with Gasteiger partial charge in [0.15, 0.2) is 5.82 Å². The van der Waals surface area contributed by atoms with Crippen molar-refractivity contribution in [1.82, 2.24) is 9.55 Å². The van der Waals surface area contributed by atoms with Crippen LogP contribution in [0.1, 0.15) is 13.3 Å². The largest absolute Gasteiger partial charge is 0.490 e. The number of rotatable bonds is 9. The van der Waals surface area contributed by atoms with Crippen LogP contribution in [-0.2, 0) is 20.9 Å². The minimum Gasteiger partial charge on any atom is -0.475 e. The van der Waals surface area contributed by atoms with E-state index in [1.165, 1.54) is 4.57 Å². The van der Waals surface area contributed by atoms with E-state index in [0.717, 1.165) is 12.0 Å². The molecule has 4 N–H and O–H groups in total. The molecule has 0 saturated carbocycles. The minimum atomic E-state index is -5.08. The molecule has 12 heteroatoms. The van der Waals surface area contributed by atoms with Gasteiger partial charge in [-0.25, -0.2) is 9.78 Å². The van der Waals surface area contributed by atoms with Crippen molar-refractivity contribution in [3.05, 3.63) is 46.9 Å². The van der Waals surface area contributed by atoms with Crippen molar-refractivity contribution in [2.45, 2.75) is 26.1 Å². The second-order valence-corrected chi connectivity index (χ2v) is 6.00. The molecule has 0 bridgehead atoms. The van der Waals surface area contributed by atoms with Gasteiger partial charge in [-0.3, -0.25) is 14.2 Å². The number of carboxylic acid groups (broad SMARTS) is 1. The number of carboxylic acids is 1. The van der Waals surface area contributed by atoms with Crippen molar-refractivity contribution in [2.24, 2.45) is 5.73 Å². The van der Waals surface area contributed by atoms with Gasteiger partial charge < -0.3 is 20.9 Å². The molecule has 2 rings (SSSR count). The Morgan fingerprint density at radius 2 is 1.87 bits per heavy atom. The van der Waals surface area contributed by atoms with E-state index >= 15 is 0 Å². The normalized spacial score (nSPS) is 10.7. The predicted molar refractivity (Wildman–Crippen MR) is 106 cm³/mol. The molecule has 9 nitrogen and oxygen atoms in total. The third-order valence-electron chi connectivity index (χ3n) is 3.64. The minimum absolute atomic E-state index is 0.195. The molecule has 2 aromatic rings. The van der Waals surface area contributed by atoms with E-state index in [1.54, 1.807) is 6.20 Å². The lowest BCUT2D eigenvalue weighted by molar-refractivity contribution is -0.192. The number of halogens is 3. The molecule has 170 valence electrons. The van der Waals surface area contributed by atoms with Gasteiger partial charge in [-0.15, -0.1) is 0 Å². The second-order valence-electron chi connectivity index (χ2n) is 6.00. The van der Waals surface area contributed by atoms with Crippen LogP contribution in [0.5, 0.6) is 0 Å². The van der Waals surface area contributed by atoms with Gasteiger partial charge in [0.1, 0.15) is 6.54 Å². The van der Waals surface area contributed by atoms with Crippen LogP contribution in [0.15, 0.2) is 41.3 Å². The number of amides is 1. The standard InChI is InChI=1S/C17H22N4O3.C2HF3O2/c1-2-24-10-6-9-19-16-17(23)21(12-15(18)22)14(11-20-16)13-7-4-3-5-8-13;3-2(4,5)1(6)7/h3-5,7-8,11H,2,6,9-10,12H2,1H3,(H2,18,22)(H,19,20);(H,6,7). The van der Waals surface area contributed by atoms with Crippen molar-refractivity contribution >= 4 is 17.7 Å². The van der Waals surface area contributed by atoms with Crippen molar-refractivity contribution in [2.75, 3.05) is 25.1 Å². The molecule has 0 saturated heterocycles. The summed E-state index contributed by atoms with van der Waals surface area (Å²) in [6.45, 7) is 3.57. The maximum absolute atomic E-state index is 12.6. The zero-order valence-electron chi connectivity index (χ0n) is 16.7. The molecule has 0 aliphatic carbocycles. The molecule has 1 amide bonds. The van der Waals surface area contributed by atoms with E-state index in [2.05, 4.69) is 10.3 Å². The number of aromatic nitrogens is 2. The zero-order valence-corrected chi connectivity index (χ0v) is 16.7. The van der Waals surface area contributed by atoms with Crippen LogP contribution in [0.25, 0.3) is 11.3 Å². The summed E-state index contributed by atoms with van der Waals surface area (Å²) in [4.78, 5) is 37.1. The number of primary amides is 1. The van der Waals surface area contributed by atoms with Crippen LogP contribution < -0.4 is 16.6 Å². The summed E-state index contributed by atoms with van der Waals surface area (Å²) in [5.74, 6) is -3.14. The average Bonchev–Trinajstić information content (AvgIpc) is 2.70. The molecule has 0 atom stereocenters. The van der Waals surface area contributed by atoms with Gasteiger partial charge in [0, 0.05) is 19.8 Å². The maximum atomic E-state index is 12.6. The van der Waals surface area contributed by atoms with Gasteiger partial charge in [0.25, 0.3) is 5.56 Å². The molecule has 1 heterocycles. The molecule has 31 heavy (non-hydrogen) atoms. The van der Waals surface area contributed by atoms with E-state index < -0.39 is 18.1 Å². The lowest BCUT2D eigenvalue weighted by Gasteiger charge is -2.13. The SMILES string of the molecule is CCOCCCNc1ncc(-c2ccccc2)n(CC(N)=O)c1=O.O=C(O)C(F)(F)F. The highest BCUT2D eigenvalue weighted by atomic mass is 19.4. The number of hydrogen-bond acceptors (Lipinski definition) is 6. The smallest absolute Gasteiger partial charge is 0.475 e. The monoisotopic (exact) mass is 444 g/mol. The Morgan fingerprint density at radius 1 is 1.26 bits per heavy atom. The Morgan fingerprint density at radius 3 is 2.39 bits per heavy atom. The van der Waals surface area contributed by atoms with Gasteiger partial charge >= 0.3 is 12.1 Å². The van der Waals surface area contributed by atoms with Gasteiger partial charge in [-0.05, 0) is 18.9 Å². The number of carbonyl (C=O) groups excluding carboxylic acids is 1. The number of ether oxygens (including phenoxy) is 1. The number of carbonyl (C=O) groups is 2. The van der Waals surface area contributed by atoms with Crippen LogP contribution in [0.2, 0.25) is 0 Å². The molecule has 0 aliphatic rings. The number of benzene rings is 1. The summed E-state index contributed by atoms with van der Waals surface area (Å²) in [5.41, 5.74) is 6.27. The first-order chi connectivity index (χ1) is 14.6. The summed E-state index contributed by atoms with van der Waals surface area (Å²) >= 11 is 0. The van der Waals surface area contributed by atoms with E-state index in [9.17, 15) is 22.8 Å². The molecular weight excluding hydrogens is 421 g/mol. The van der Waals surface area contributed by atoms with Gasteiger partial charge in [0.2, 0.25) is 5.91 Å². The average molecular weight is 444 g/mol. The fourth-order valence-corrected chi connectivity index (χ4v) is 2.29. The number of aliphatic carboxylic acids is 1. The van der Waals surface area contributed by atoms with E-state index in [0.29, 0.717) is 25.5 Å². The first kappa shape index (κ1) is 25.6. The molecule has 1 aromatic carbocycles. The summed E-state index contributed by atoms with van der Waals surface area (Å²) in [6.07, 6.45) is -2.75. The van der Waals surface area contributed by atoms with Crippen LogP contribution in [0.3, 0.4) is 0 Å². The first-order valence-electron chi connectivity index (χ1n) is 9.13. The number of nitrogens with one attached hydrogen (secondary N) is 1. The Hall–Kier alpha value is -3.41. The molecular formula is C19H23F3N4O5. The van der Waals surface area contributed by atoms with Crippen LogP contribution in [0, 0.1) is 0 Å². The number of nitrogens with zero attached hydrogens (tertiary/aromatic N) is 2. The molecule has 0 radical (unpaired) electrons. The number of hydrogen-bond donors (Lipinski definition) is 3. The van der Waals surface area contributed by atoms with Crippen molar-refractivity contribution in [3.8, 4) is 11.3 Å². The molecule has 0 unspecified atom stereocenters. The highest BCUT2D eigenvalue weighted by Gasteiger charge is 2.38. The molecule has 0 aliphatic heterocycles.